The van der Waals surface area contributed by atoms with Crippen molar-refractivity contribution in [2.24, 2.45) is 0 Å². The van der Waals surface area contributed by atoms with Gasteiger partial charge in [-0.25, -0.2) is 4.79 Å². The molecule has 1 aliphatic rings. The molecule has 26 heavy (non-hydrogen) atoms. The lowest BCUT2D eigenvalue weighted by molar-refractivity contribution is -0.00787. The molecule has 140 valence electrons. The largest absolute Gasteiger partial charge is 0.488 e. The summed E-state index contributed by atoms with van der Waals surface area (Å²) in [5, 5.41) is 2.26. The van der Waals surface area contributed by atoms with Crippen LogP contribution in [0.5, 0.6) is 5.75 Å². The van der Waals surface area contributed by atoms with E-state index in [-0.39, 0.29) is 18.2 Å². The van der Waals surface area contributed by atoms with E-state index in [1.807, 2.05) is 49.9 Å². The zero-order chi connectivity index (χ0) is 18.7. The molecule has 3 rings (SSSR count). The van der Waals surface area contributed by atoms with Gasteiger partial charge in [0.05, 0.1) is 6.04 Å². The molecule has 4 heteroatoms. The summed E-state index contributed by atoms with van der Waals surface area (Å²) in [7, 11) is 0. The second kappa shape index (κ2) is 7.56. The fourth-order valence-corrected chi connectivity index (χ4v) is 3.57. The number of ether oxygens (including phenoxy) is 2. The predicted molar refractivity (Wildman–Crippen MR) is 105 cm³/mol. The number of fused-ring (bicyclic) bond motifs is 1. The summed E-state index contributed by atoms with van der Waals surface area (Å²) in [6, 6.07) is 14.3. The highest BCUT2D eigenvalue weighted by atomic mass is 16.6. The number of likely N-dealkylation sites (tertiary alicyclic amines) is 1. The highest BCUT2D eigenvalue weighted by Gasteiger charge is 2.34. The Morgan fingerprint density at radius 3 is 2.62 bits per heavy atom. The molecule has 1 aliphatic heterocycles. The molecule has 2 unspecified atom stereocenters. The van der Waals surface area contributed by atoms with Crippen LogP contribution < -0.4 is 4.74 Å². The van der Waals surface area contributed by atoms with Crippen LogP contribution in [0.3, 0.4) is 0 Å². The van der Waals surface area contributed by atoms with E-state index in [0.717, 1.165) is 42.3 Å². The molecule has 1 saturated heterocycles. The van der Waals surface area contributed by atoms with Gasteiger partial charge in [-0.2, -0.15) is 0 Å². The Balaban J connectivity index is 1.78. The van der Waals surface area contributed by atoms with Gasteiger partial charge in [0, 0.05) is 11.9 Å². The number of amides is 1. The first kappa shape index (κ1) is 18.6. The van der Waals surface area contributed by atoms with Crippen molar-refractivity contribution in [1.82, 2.24) is 4.90 Å². The van der Waals surface area contributed by atoms with Crippen LogP contribution in [0.4, 0.5) is 4.79 Å². The normalized spacial score (nSPS) is 19.2. The summed E-state index contributed by atoms with van der Waals surface area (Å²) in [5.74, 6) is 0.866. The minimum Gasteiger partial charge on any atom is -0.488 e. The molecule has 1 heterocycles. The molecular weight excluding hydrogens is 326 g/mol. The quantitative estimate of drug-likeness (QED) is 0.740. The summed E-state index contributed by atoms with van der Waals surface area (Å²) in [6.07, 6.45) is 2.71. The number of benzene rings is 2. The zero-order valence-electron chi connectivity index (χ0n) is 16.2. The average Bonchev–Trinajstić information content (AvgIpc) is 2.60. The molecule has 4 nitrogen and oxygen atoms in total. The Bertz CT molecular complexity index is 760. The lowest BCUT2D eigenvalue weighted by Crippen LogP contribution is -2.51. The molecule has 0 saturated carbocycles. The number of hydrogen-bond donors (Lipinski definition) is 0. The van der Waals surface area contributed by atoms with Gasteiger partial charge >= 0.3 is 6.09 Å². The van der Waals surface area contributed by atoms with Crippen LogP contribution in [-0.4, -0.2) is 35.3 Å². The maximum atomic E-state index is 12.6. The summed E-state index contributed by atoms with van der Waals surface area (Å²) in [4.78, 5) is 14.5. The first-order chi connectivity index (χ1) is 12.3. The molecule has 2 aromatic carbocycles. The molecule has 0 aromatic heterocycles. The van der Waals surface area contributed by atoms with Crippen molar-refractivity contribution in [1.29, 1.82) is 0 Å². The Hall–Kier alpha value is -2.23. The van der Waals surface area contributed by atoms with Gasteiger partial charge in [-0.05, 0) is 58.4 Å². The van der Waals surface area contributed by atoms with Gasteiger partial charge in [0.15, 0.2) is 0 Å². The maximum absolute atomic E-state index is 12.6. The summed E-state index contributed by atoms with van der Waals surface area (Å²) < 4.78 is 11.9. The smallest absolute Gasteiger partial charge is 0.410 e. The van der Waals surface area contributed by atoms with E-state index in [0.29, 0.717) is 0 Å². The fraction of sp³-hybridized carbons (Fsp3) is 0.500. The first-order valence-electron chi connectivity index (χ1n) is 9.49. The van der Waals surface area contributed by atoms with E-state index in [4.69, 9.17) is 9.47 Å². The number of carbonyl (C=O) groups excluding carboxylic acids is 1. The van der Waals surface area contributed by atoms with E-state index in [9.17, 15) is 4.79 Å². The molecule has 1 amide bonds. The minimum atomic E-state index is -0.487. The second-order valence-corrected chi connectivity index (χ2v) is 8.04. The maximum Gasteiger partial charge on any atom is 0.410 e. The molecule has 1 fully saturated rings. The molecule has 0 bridgehead atoms. The van der Waals surface area contributed by atoms with Crippen molar-refractivity contribution < 1.29 is 14.3 Å². The SMILES string of the molecule is CC(Oc1cccc2ccccc12)C1CCCCN1C(=O)OC(C)(C)C. The number of rotatable bonds is 3. The van der Waals surface area contributed by atoms with Gasteiger partial charge in [-0.15, -0.1) is 0 Å². The number of piperidine rings is 1. The third-order valence-corrected chi connectivity index (χ3v) is 4.78. The molecule has 2 atom stereocenters. The van der Waals surface area contributed by atoms with Crippen molar-refractivity contribution in [3.63, 3.8) is 0 Å². The molecule has 0 radical (unpaired) electrons. The van der Waals surface area contributed by atoms with Gasteiger partial charge in [0.1, 0.15) is 17.5 Å². The zero-order valence-corrected chi connectivity index (χ0v) is 16.2. The molecule has 2 aromatic rings. The van der Waals surface area contributed by atoms with Crippen molar-refractivity contribution >= 4 is 16.9 Å². The topological polar surface area (TPSA) is 38.8 Å². The van der Waals surface area contributed by atoms with E-state index < -0.39 is 5.60 Å². The standard InChI is InChI=1S/C22H29NO3/c1-16(25-20-14-9-11-17-10-5-6-12-18(17)20)19-13-7-8-15-23(19)21(24)26-22(2,3)4/h5-6,9-12,14,16,19H,7-8,13,15H2,1-4H3. The average molecular weight is 355 g/mol. The highest BCUT2D eigenvalue weighted by Crippen LogP contribution is 2.29. The Morgan fingerprint density at radius 2 is 1.85 bits per heavy atom. The summed E-state index contributed by atoms with van der Waals surface area (Å²) >= 11 is 0. The van der Waals surface area contributed by atoms with Gasteiger partial charge in [-0.3, -0.25) is 0 Å². The predicted octanol–water partition coefficient (Wildman–Crippen LogP) is 5.40. The van der Waals surface area contributed by atoms with Gasteiger partial charge < -0.3 is 14.4 Å². The summed E-state index contributed by atoms with van der Waals surface area (Å²) in [5.41, 5.74) is -0.487. The monoisotopic (exact) mass is 355 g/mol. The van der Waals surface area contributed by atoms with E-state index in [2.05, 4.69) is 25.1 Å². The molecule has 0 aliphatic carbocycles. The fourth-order valence-electron chi connectivity index (χ4n) is 3.57. The van der Waals surface area contributed by atoms with Crippen LogP contribution in [0.1, 0.15) is 47.0 Å². The van der Waals surface area contributed by atoms with Crippen LogP contribution in [0, 0.1) is 0 Å². The minimum absolute atomic E-state index is 0.0255. The lowest BCUT2D eigenvalue weighted by atomic mass is 9.98. The van der Waals surface area contributed by atoms with Crippen LogP contribution in [0.25, 0.3) is 10.8 Å². The Kier molecular flexibility index (Phi) is 5.40. The number of carbonyl (C=O) groups is 1. The third kappa shape index (κ3) is 4.29. The van der Waals surface area contributed by atoms with Crippen LogP contribution in [0.15, 0.2) is 42.5 Å². The van der Waals surface area contributed by atoms with Crippen LogP contribution in [-0.2, 0) is 4.74 Å². The van der Waals surface area contributed by atoms with Gasteiger partial charge in [0.25, 0.3) is 0 Å². The number of hydrogen-bond acceptors (Lipinski definition) is 3. The molecular formula is C22H29NO3. The highest BCUT2D eigenvalue weighted by molar-refractivity contribution is 5.88. The van der Waals surface area contributed by atoms with Crippen molar-refractivity contribution in [2.75, 3.05) is 6.54 Å². The Morgan fingerprint density at radius 1 is 1.12 bits per heavy atom. The number of nitrogens with zero attached hydrogens (tertiary/aromatic N) is 1. The third-order valence-electron chi connectivity index (χ3n) is 4.78. The van der Waals surface area contributed by atoms with E-state index >= 15 is 0 Å². The van der Waals surface area contributed by atoms with E-state index in [1.54, 1.807) is 0 Å². The molecule has 0 N–H and O–H groups in total. The van der Waals surface area contributed by atoms with E-state index in [1.165, 1.54) is 0 Å². The summed E-state index contributed by atoms with van der Waals surface area (Å²) in [6.45, 7) is 8.48. The Labute approximate surface area is 156 Å². The first-order valence-corrected chi connectivity index (χ1v) is 9.49. The van der Waals surface area contributed by atoms with Crippen molar-refractivity contribution in [3.05, 3.63) is 42.5 Å². The molecule has 0 spiro atoms. The second-order valence-electron chi connectivity index (χ2n) is 8.04. The van der Waals surface area contributed by atoms with Crippen LogP contribution >= 0.6 is 0 Å². The lowest BCUT2D eigenvalue weighted by Gasteiger charge is -2.39. The van der Waals surface area contributed by atoms with Crippen LogP contribution in [0.2, 0.25) is 0 Å². The van der Waals surface area contributed by atoms with Crippen molar-refractivity contribution in [2.45, 2.75) is 64.7 Å². The van der Waals surface area contributed by atoms with Gasteiger partial charge in [-0.1, -0.05) is 36.4 Å². The van der Waals surface area contributed by atoms with Gasteiger partial charge in [0.2, 0.25) is 0 Å². The van der Waals surface area contributed by atoms with Crippen molar-refractivity contribution in [3.8, 4) is 5.75 Å².